The summed E-state index contributed by atoms with van der Waals surface area (Å²) < 4.78 is 0. The zero-order valence-electron chi connectivity index (χ0n) is 11.0. The Morgan fingerprint density at radius 3 is 2.62 bits per heavy atom. The van der Waals surface area contributed by atoms with Gasteiger partial charge in [-0.1, -0.05) is 26.7 Å². The fraction of sp³-hybridized carbons (Fsp3) is 1.00. The molecular weight excluding hydrogens is 218 g/mol. The molecule has 0 aromatic carbocycles. The fourth-order valence-corrected chi connectivity index (χ4v) is 3.33. The van der Waals surface area contributed by atoms with Crippen LogP contribution in [0, 0.1) is 5.92 Å². The monoisotopic (exact) mass is 245 g/mol. The molecule has 1 fully saturated rings. The molecule has 1 saturated heterocycles. The van der Waals surface area contributed by atoms with Crippen molar-refractivity contribution in [3.8, 4) is 0 Å². The van der Waals surface area contributed by atoms with E-state index in [2.05, 4.69) is 26.1 Å². The summed E-state index contributed by atoms with van der Waals surface area (Å²) in [6.07, 6.45) is 4.77. The van der Waals surface area contributed by atoms with Gasteiger partial charge in [0.15, 0.2) is 0 Å². The van der Waals surface area contributed by atoms with Crippen LogP contribution in [0.1, 0.15) is 46.5 Å². The van der Waals surface area contributed by atoms with Crippen LogP contribution in [0.4, 0.5) is 0 Å². The van der Waals surface area contributed by atoms with Crippen molar-refractivity contribution in [3.63, 3.8) is 0 Å². The minimum absolute atomic E-state index is 0.434. The molecular formula is C13H27NOS. The van der Waals surface area contributed by atoms with E-state index in [-0.39, 0.29) is 0 Å². The molecule has 1 heterocycles. The lowest BCUT2D eigenvalue weighted by molar-refractivity contribution is 0.0647. The summed E-state index contributed by atoms with van der Waals surface area (Å²) in [6.45, 7) is 7.54. The van der Waals surface area contributed by atoms with E-state index in [1.54, 1.807) is 0 Å². The lowest BCUT2D eigenvalue weighted by atomic mass is 10.0. The summed E-state index contributed by atoms with van der Waals surface area (Å²) in [7, 11) is 0. The molecule has 2 nitrogen and oxygen atoms in total. The summed E-state index contributed by atoms with van der Waals surface area (Å²) in [5.74, 6) is 2.82. The smallest absolute Gasteiger partial charge is 0.0869 e. The minimum Gasteiger partial charge on any atom is -0.388 e. The van der Waals surface area contributed by atoms with Crippen LogP contribution in [0.3, 0.4) is 0 Å². The van der Waals surface area contributed by atoms with Crippen LogP contribution in [0.2, 0.25) is 0 Å². The molecule has 0 radical (unpaired) electrons. The zero-order valence-corrected chi connectivity index (χ0v) is 11.8. The van der Waals surface area contributed by atoms with Gasteiger partial charge in [-0.2, -0.15) is 11.8 Å². The standard InChI is InChI=1S/C13H27NOS/c1-11(2)5-4-6-12(3)14-9-13(15)7-8-16-10-13/h11-12,14-15H,4-10H2,1-3H3. The van der Waals surface area contributed by atoms with E-state index < -0.39 is 5.60 Å². The van der Waals surface area contributed by atoms with Crippen LogP contribution in [-0.4, -0.2) is 34.8 Å². The van der Waals surface area contributed by atoms with E-state index in [9.17, 15) is 5.11 Å². The van der Waals surface area contributed by atoms with Crippen molar-refractivity contribution in [2.75, 3.05) is 18.1 Å². The molecule has 1 rings (SSSR count). The Bertz CT molecular complexity index is 190. The highest BCUT2D eigenvalue weighted by atomic mass is 32.2. The second kappa shape index (κ2) is 6.87. The van der Waals surface area contributed by atoms with Crippen molar-refractivity contribution in [2.24, 2.45) is 5.92 Å². The van der Waals surface area contributed by atoms with Gasteiger partial charge in [0.1, 0.15) is 0 Å². The third-order valence-electron chi connectivity index (χ3n) is 3.28. The van der Waals surface area contributed by atoms with Crippen molar-refractivity contribution < 1.29 is 5.11 Å². The van der Waals surface area contributed by atoms with Gasteiger partial charge in [0.05, 0.1) is 5.60 Å². The van der Waals surface area contributed by atoms with Gasteiger partial charge in [-0.15, -0.1) is 0 Å². The van der Waals surface area contributed by atoms with Crippen LogP contribution in [0.5, 0.6) is 0 Å². The summed E-state index contributed by atoms with van der Waals surface area (Å²) >= 11 is 1.86. The molecule has 0 amide bonds. The van der Waals surface area contributed by atoms with Gasteiger partial charge < -0.3 is 10.4 Å². The first-order valence-corrected chi connectivity index (χ1v) is 7.71. The average Bonchev–Trinajstić information content (AvgIpc) is 2.62. The molecule has 0 aromatic heterocycles. The Labute approximate surface area is 105 Å². The minimum atomic E-state index is -0.434. The molecule has 2 unspecified atom stereocenters. The Morgan fingerprint density at radius 2 is 2.06 bits per heavy atom. The first-order valence-electron chi connectivity index (χ1n) is 6.55. The zero-order chi connectivity index (χ0) is 12.0. The maximum atomic E-state index is 10.2. The van der Waals surface area contributed by atoms with E-state index in [0.29, 0.717) is 6.04 Å². The van der Waals surface area contributed by atoms with Crippen molar-refractivity contribution in [3.05, 3.63) is 0 Å². The molecule has 1 aliphatic heterocycles. The van der Waals surface area contributed by atoms with E-state index in [1.807, 2.05) is 11.8 Å². The van der Waals surface area contributed by atoms with Crippen LogP contribution < -0.4 is 5.32 Å². The van der Waals surface area contributed by atoms with Crippen molar-refractivity contribution in [2.45, 2.75) is 58.1 Å². The van der Waals surface area contributed by atoms with Gasteiger partial charge in [-0.25, -0.2) is 0 Å². The summed E-state index contributed by atoms with van der Waals surface area (Å²) in [5, 5.41) is 13.6. The van der Waals surface area contributed by atoms with Crippen LogP contribution in [0.15, 0.2) is 0 Å². The Morgan fingerprint density at radius 1 is 1.31 bits per heavy atom. The Hall–Kier alpha value is 0.270. The molecule has 0 spiro atoms. The molecule has 2 N–H and O–H groups in total. The highest BCUT2D eigenvalue weighted by Crippen LogP contribution is 2.27. The fourth-order valence-electron chi connectivity index (χ4n) is 2.03. The van der Waals surface area contributed by atoms with Crippen molar-refractivity contribution in [1.82, 2.24) is 5.32 Å². The largest absolute Gasteiger partial charge is 0.388 e. The first kappa shape index (κ1) is 14.3. The van der Waals surface area contributed by atoms with Gasteiger partial charge in [-0.05, 0) is 31.4 Å². The van der Waals surface area contributed by atoms with Gasteiger partial charge in [-0.3, -0.25) is 0 Å². The second-order valence-corrected chi connectivity index (χ2v) is 6.74. The highest BCUT2D eigenvalue weighted by molar-refractivity contribution is 7.99. The lowest BCUT2D eigenvalue weighted by Crippen LogP contribution is -2.43. The van der Waals surface area contributed by atoms with Crippen LogP contribution in [0.25, 0.3) is 0 Å². The van der Waals surface area contributed by atoms with Crippen molar-refractivity contribution >= 4 is 11.8 Å². The summed E-state index contributed by atoms with van der Waals surface area (Å²) in [5.41, 5.74) is -0.434. The normalized spacial score (nSPS) is 27.6. The number of nitrogens with one attached hydrogen (secondary N) is 1. The molecule has 0 aromatic rings. The SMILES string of the molecule is CC(C)CCCC(C)NCC1(O)CCSC1. The average molecular weight is 245 g/mol. The predicted molar refractivity (Wildman–Crippen MR) is 73.0 cm³/mol. The first-order chi connectivity index (χ1) is 7.52. The molecule has 96 valence electrons. The van der Waals surface area contributed by atoms with Crippen LogP contribution >= 0.6 is 11.8 Å². The quantitative estimate of drug-likeness (QED) is 0.723. The summed E-state index contributed by atoms with van der Waals surface area (Å²) in [6, 6.07) is 0.536. The second-order valence-electron chi connectivity index (χ2n) is 5.63. The van der Waals surface area contributed by atoms with E-state index >= 15 is 0 Å². The molecule has 16 heavy (non-hydrogen) atoms. The number of thioether (sulfide) groups is 1. The van der Waals surface area contributed by atoms with E-state index in [4.69, 9.17) is 0 Å². The molecule has 2 atom stereocenters. The molecule has 0 saturated carbocycles. The van der Waals surface area contributed by atoms with Gasteiger partial charge >= 0.3 is 0 Å². The predicted octanol–water partition coefficient (Wildman–Crippen LogP) is 2.66. The van der Waals surface area contributed by atoms with Gasteiger partial charge in [0.2, 0.25) is 0 Å². The molecule has 0 aliphatic carbocycles. The molecule has 3 heteroatoms. The van der Waals surface area contributed by atoms with E-state index in [0.717, 1.165) is 30.4 Å². The van der Waals surface area contributed by atoms with Crippen molar-refractivity contribution in [1.29, 1.82) is 0 Å². The number of aliphatic hydroxyl groups is 1. The topological polar surface area (TPSA) is 32.3 Å². The highest BCUT2D eigenvalue weighted by Gasteiger charge is 2.31. The van der Waals surface area contributed by atoms with E-state index in [1.165, 1.54) is 19.3 Å². The number of hydrogen-bond acceptors (Lipinski definition) is 3. The molecule has 1 aliphatic rings. The Balaban J connectivity index is 2.07. The van der Waals surface area contributed by atoms with Gasteiger partial charge in [0.25, 0.3) is 0 Å². The summed E-state index contributed by atoms with van der Waals surface area (Å²) in [4.78, 5) is 0. The third-order valence-corrected chi connectivity index (χ3v) is 4.51. The van der Waals surface area contributed by atoms with Crippen LogP contribution in [-0.2, 0) is 0 Å². The maximum Gasteiger partial charge on any atom is 0.0869 e. The lowest BCUT2D eigenvalue weighted by Gasteiger charge is -2.24. The third kappa shape index (κ3) is 5.55. The maximum absolute atomic E-state index is 10.2. The number of rotatable bonds is 7. The molecule has 0 bridgehead atoms. The number of hydrogen-bond donors (Lipinski definition) is 2. The Kier molecular flexibility index (Phi) is 6.16. The van der Waals surface area contributed by atoms with Gasteiger partial charge in [0, 0.05) is 18.3 Å².